The van der Waals surface area contributed by atoms with Gasteiger partial charge in [-0.15, -0.1) is 0 Å². The zero-order valence-corrected chi connectivity index (χ0v) is 12.8. The molecular formula is C16H27N3O2. The van der Waals surface area contributed by atoms with Crippen molar-refractivity contribution in [3.05, 3.63) is 0 Å². The lowest BCUT2D eigenvalue weighted by atomic mass is 9.79. The lowest BCUT2D eigenvalue weighted by Gasteiger charge is -2.39. The predicted octanol–water partition coefficient (Wildman–Crippen LogP) is 0.895. The van der Waals surface area contributed by atoms with E-state index in [4.69, 9.17) is 0 Å². The van der Waals surface area contributed by atoms with Gasteiger partial charge in [-0.05, 0) is 51.1 Å². The lowest BCUT2D eigenvalue weighted by molar-refractivity contribution is -0.135. The number of hydrogen-bond acceptors (Lipinski definition) is 3. The lowest BCUT2D eigenvalue weighted by Crippen LogP contribution is -2.47. The van der Waals surface area contributed by atoms with Crippen molar-refractivity contribution in [2.75, 3.05) is 32.7 Å². The number of likely N-dealkylation sites (tertiary alicyclic amines) is 1. The summed E-state index contributed by atoms with van der Waals surface area (Å²) in [4.78, 5) is 26.0. The largest absolute Gasteiger partial charge is 0.355 e. The van der Waals surface area contributed by atoms with Gasteiger partial charge in [0, 0.05) is 37.9 Å². The minimum atomic E-state index is 0.0275. The summed E-state index contributed by atoms with van der Waals surface area (Å²) in [5, 5.41) is 6.31. The fourth-order valence-electron chi connectivity index (χ4n) is 4.12. The van der Waals surface area contributed by atoms with Gasteiger partial charge in [0.2, 0.25) is 11.8 Å². The van der Waals surface area contributed by atoms with Gasteiger partial charge in [-0.2, -0.15) is 0 Å². The van der Waals surface area contributed by atoms with Crippen LogP contribution in [-0.2, 0) is 9.59 Å². The summed E-state index contributed by atoms with van der Waals surface area (Å²) in [5.74, 6) is 1.16. The molecule has 5 heteroatoms. The molecule has 3 heterocycles. The van der Waals surface area contributed by atoms with Crippen molar-refractivity contribution in [1.82, 2.24) is 15.5 Å². The number of amides is 2. The highest BCUT2D eigenvalue weighted by molar-refractivity contribution is 5.80. The molecule has 1 atom stereocenters. The Kier molecular flexibility index (Phi) is 4.48. The number of hydrogen-bond donors (Lipinski definition) is 2. The van der Waals surface area contributed by atoms with Gasteiger partial charge in [0.25, 0.3) is 0 Å². The molecule has 1 spiro atoms. The van der Waals surface area contributed by atoms with Gasteiger partial charge in [-0.3, -0.25) is 9.59 Å². The average molecular weight is 293 g/mol. The standard InChI is InChI=1S/C16H27N3O2/c20-14-10-16(11-18-14)6-1-9-19(12-16)15(21)3-2-13-4-7-17-8-5-13/h13,17H,1-12H2,(H,18,20). The second-order valence-corrected chi connectivity index (χ2v) is 7.10. The molecule has 2 amide bonds. The molecule has 0 aromatic rings. The summed E-state index contributed by atoms with van der Waals surface area (Å²) in [7, 11) is 0. The molecule has 118 valence electrons. The Labute approximate surface area is 126 Å². The van der Waals surface area contributed by atoms with E-state index in [9.17, 15) is 9.59 Å². The Morgan fingerprint density at radius 1 is 1.33 bits per heavy atom. The van der Waals surface area contributed by atoms with Gasteiger partial charge in [-0.25, -0.2) is 0 Å². The molecule has 0 aromatic carbocycles. The van der Waals surface area contributed by atoms with E-state index in [1.807, 2.05) is 4.90 Å². The van der Waals surface area contributed by atoms with Crippen molar-refractivity contribution >= 4 is 11.8 Å². The van der Waals surface area contributed by atoms with E-state index in [1.54, 1.807) is 0 Å². The molecule has 3 aliphatic heterocycles. The van der Waals surface area contributed by atoms with E-state index >= 15 is 0 Å². The highest BCUT2D eigenvalue weighted by atomic mass is 16.2. The highest BCUT2D eigenvalue weighted by Gasteiger charge is 2.42. The number of nitrogens with one attached hydrogen (secondary N) is 2. The smallest absolute Gasteiger partial charge is 0.222 e. The van der Waals surface area contributed by atoms with Crippen LogP contribution in [-0.4, -0.2) is 49.4 Å². The van der Waals surface area contributed by atoms with Crippen molar-refractivity contribution < 1.29 is 9.59 Å². The van der Waals surface area contributed by atoms with Crippen LogP contribution in [0.5, 0.6) is 0 Å². The van der Waals surface area contributed by atoms with Crippen LogP contribution < -0.4 is 10.6 Å². The first-order valence-corrected chi connectivity index (χ1v) is 8.42. The molecule has 0 radical (unpaired) electrons. The first kappa shape index (κ1) is 14.8. The molecule has 3 saturated heterocycles. The van der Waals surface area contributed by atoms with Crippen LogP contribution in [0, 0.1) is 11.3 Å². The third kappa shape index (κ3) is 3.57. The van der Waals surface area contributed by atoms with E-state index in [0.717, 1.165) is 52.0 Å². The molecule has 1 unspecified atom stereocenters. The third-order valence-electron chi connectivity index (χ3n) is 5.44. The van der Waals surface area contributed by atoms with E-state index in [1.165, 1.54) is 12.8 Å². The first-order chi connectivity index (χ1) is 10.2. The van der Waals surface area contributed by atoms with Crippen LogP contribution in [0.15, 0.2) is 0 Å². The average Bonchev–Trinajstić information content (AvgIpc) is 2.86. The number of rotatable bonds is 3. The molecule has 3 aliphatic rings. The molecule has 0 aliphatic carbocycles. The summed E-state index contributed by atoms with van der Waals surface area (Å²) in [6, 6.07) is 0. The Morgan fingerprint density at radius 3 is 2.86 bits per heavy atom. The molecule has 0 bridgehead atoms. The van der Waals surface area contributed by atoms with Gasteiger partial charge in [0.15, 0.2) is 0 Å². The van der Waals surface area contributed by atoms with E-state index in [0.29, 0.717) is 24.7 Å². The Bertz CT molecular complexity index is 406. The second-order valence-electron chi connectivity index (χ2n) is 7.10. The summed E-state index contributed by atoms with van der Waals surface area (Å²) in [6.07, 6.45) is 6.83. The van der Waals surface area contributed by atoms with Crippen molar-refractivity contribution in [1.29, 1.82) is 0 Å². The Balaban J connectivity index is 1.49. The van der Waals surface area contributed by atoms with Crippen molar-refractivity contribution in [2.24, 2.45) is 11.3 Å². The minimum absolute atomic E-state index is 0.0275. The van der Waals surface area contributed by atoms with Crippen LogP contribution >= 0.6 is 0 Å². The summed E-state index contributed by atoms with van der Waals surface area (Å²) >= 11 is 0. The first-order valence-electron chi connectivity index (χ1n) is 8.42. The van der Waals surface area contributed by atoms with Crippen molar-refractivity contribution in [3.8, 4) is 0 Å². The number of carbonyl (C=O) groups excluding carboxylic acids is 2. The van der Waals surface area contributed by atoms with Crippen LogP contribution in [0.4, 0.5) is 0 Å². The van der Waals surface area contributed by atoms with Crippen LogP contribution in [0.1, 0.15) is 44.9 Å². The summed E-state index contributed by atoms with van der Waals surface area (Å²) in [5.41, 5.74) is 0.0275. The molecule has 3 rings (SSSR count). The van der Waals surface area contributed by atoms with E-state index in [2.05, 4.69) is 10.6 Å². The molecule has 0 aromatic heterocycles. The fourth-order valence-corrected chi connectivity index (χ4v) is 4.12. The van der Waals surface area contributed by atoms with Crippen molar-refractivity contribution in [2.45, 2.75) is 44.9 Å². The molecule has 0 saturated carbocycles. The highest BCUT2D eigenvalue weighted by Crippen LogP contribution is 2.36. The Morgan fingerprint density at radius 2 is 2.14 bits per heavy atom. The maximum atomic E-state index is 12.5. The zero-order chi connectivity index (χ0) is 14.7. The minimum Gasteiger partial charge on any atom is -0.355 e. The monoisotopic (exact) mass is 293 g/mol. The number of nitrogens with zero attached hydrogens (tertiary/aromatic N) is 1. The van der Waals surface area contributed by atoms with Gasteiger partial charge < -0.3 is 15.5 Å². The fraction of sp³-hybridized carbons (Fsp3) is 0.875. The SMILES string of the molecule is O=C1CC2(CCCN(C(=O)CCC3CCNCC3)C2)CN1. The van der Waals surface area contributed by atoms with Crippen LogP contribution in [0.25, 0.3) is 0 Å². The normalized spacial score (nSPS) is 30.7. The number of piperidine rings is 2. The summed E-state index contributed by atoms with van der Waals surface area (Å²) < 4.78 is 0. The maximum absolute atomic E-state index is 12.5. The topological polar surface area (TPSA) is 61.4 Å². The second kappa shape index (κ2) is 6.34. The number of carbonyl (C=O) groups is 2. The van der Waals surface area contributed by atoms with Gasteiger partial charge in [0.1, 0.15) is 0 Å². The molecule has 5 nitrogen and oxygen atoms in total. The van der Waals surface area contributed by atoms with Gasteiger partial charge >= 0.3 is 0 Å². The van der Waals surface area contributed by atoms with Gasteiger partial charge in [-0.1, -0.05) is 0 Å². The summed E-state index contributed by atoms with van der Waals surface area (Å²) in [6.45, 7) is 4.60. The third-order valence-corrected chi connectivity index (χ3v) is 5.44. The van der Waals surface area contributed by atoms with Crippen LogP contribution in [0.3, 0.4) is 0 Å². The Hall–Kier alpha value is -1.10. The molecule has 2 N–H and O–H groups in total. The molecular weight excluding hydrogens is 266 g/mol. The molecule has 3 fully saturated rings. The predicted molar refractivity (Wildman–Crippen MR) is 80.7 cm³/mol. The maximum Gasteiger partial charge on any atom is 0.222 e. The van der Waals surface area contributed by atoms with E-state index in [-0.39, 0.29) is 11.3 Å². The van der Waals surface area contributed by atoms with Gasteiger partial charge in [0.05, 0.1) is 0 Å². The van der Waals surface area contributed by atoms with E-state index < -0.39 is 0 Å². The van der Waals surface area contributed by atoms with Crippen molar-refractivity contribution in [3.63, 3.8) is 0 Å². The zero-order valence-electron chi connectivity index (χ0n) is 12.8. The quantitative estimate of drug-likeness (QED) is 0.812. The van der Waals surface area contributed by atoms with Crippen LogP contribution in [0.2, 0.25) is 0 Å². The molecule has 21 heavy (non-hydrogen) atoms.